The zero-order valence-corrected chi connectivity index (χ0v) is 16.6. The molecule has 0 atom stereocenters. The maximum atomic E-state index is 14.4. The second kappa shape index (κ2) is 8.03. The summed E-state index contributed by atoms with van der Waals surface area (Å²) >= 11 is 0. The molecule has 0 saturated carbocycles. The van der Waals surface area contributed by atoms with Crippen LogP contribution in [0.5, 0.6) is 0 Å². The fourth-order valence-electron chi connectivity index (χ4n) is 2.41. The molecule has 1 radical (unpaired) electrons. The first-order valence-electron chi connectivity index (χ1n) is 8.35. The molecule has 0 amide bonds. The zero-order valence-electron chi connectivity index (χ0n) is 15.8. The molecule has 0 N–H and O–H groups in total. The average molecular weight is 372 g/mol. The minimum absolute atomic E-state index is 0.0318. The highest BCUT2D eigenvalue weighted by molar-refractivity contribution is 7.91. The van der Waals surface area contributed by atoms with Gasteiger partial charge < -0.3 is 0 Å². The summed E-state index contributed by atoms with van der Waals surface area (Å²) in [4.78, 5) is 2.07. The third-order valence-corrected chi connectivity index (χ3v) is 5.90. The first kappa shape index (κ1) is 20.2. The van der Waals surface area contributed by atoms with Gasteiger partial charge in [0.15, 0.2) is 9.84 Å². The second-order valence-electron chi connectivity index (χ2n) is 6.45. The van der Waals surface area contributed by atoms with Crippen molar-refractivity contribution in [3.05, 3.63) is 52.8 Å². The fourth-order valence-corrected chi connectivity index (χ4v) is 3.32. The van der Waals surface area contributed by atoms with Crippen LogP contribution in [-0.2, 0) is 9.84 Å². The molecule has 0 spiro atoms. The van der Waals surface area contributed by atoms with Gasteiger partial charge in [-0.25, -0.2) is 12.8 Å². The largest absolute Gasteiger partial charge is 0.299 e. The molecule has 0 saturated heterocycles. The van der Waals surface area contributed by atoms with Crippen molar-refractivity contribution in [1.29, 1.82) is 0 Å². The number of hydrogen-bond acceptors (Lipinski definition) is 3. The summed E-state index contributed by atoms with van der Waals surface area (Å²) in [5.41, 5.74) is 3.37. The lowest BCUT2D eigenvalue weighted by Gasteiger charge is -2.11. The number of halogens is 1. The van der Waals surface area contributed by atoms with Crippen LogP contribution in [0.3, 0.4) is 0 Å². The predicted octanol–water partition coefficient (Wildman–Crippen LogP) is 3.62. The molecule has 2 rings (SSSR count). The first-order valence-corrected chi connectivity index (χ1v) is 10.0. The van der Waals surface area contributed by atoms with E-state index in [9.17, 15) is 12.8 Å². The van der Waals surface area contributed by atoms with Crippen molar-refractivity contribution in [2.45, 2.75) is 25.7 Å². The minimum Gasteiger partial charge on any atom is -0.299 e. The Bertz CT molecular complexity index is 983. The summed E-state index contributed by atoms with van der Waals surface area (Å²) in [6.45, 7) is 6.05. The average Bonchev–Trinajstić information content (AvgIpc) is 2.58. The van der Waals surface area contributed by atoms with E-state index in [1.165, 1.54) is 18.2 Å². The number of rotatable bonds is 4. The van der Waals surface area contributed by atoms with Crippen LogP contribution in [0.4, 0.5) is 4.39 Å². The topological polar surface area (TPSA) is 37.4 Å². The van der Waals surface area contributed by atoms with Crippen LogP contribution in [0.2, 0.25) is 0 Å². The number of aryl methyl sites for hydroxylation is 1. The lowest BCUT2D eigenvalue weighted by molar-refractivity contribution is 0.464. The molecule has 2 aromatic rings. The fraction of sp³-hybridized carbons (Fsp3) is 0.333. The highest BCUT2D eigenvalue weighted by Crippen LogP contribution is 2.29. The Balaban J connectivity index is 2.60. The molecule has 0 bridgehead atoms. The summed E-state index contributed by atoms with van der Waals surface area (Å²) in [5, 5.41) is 0. The van der Waals surface area contributed by atoms with Gasteiger partial charge in [0.2, 0.25) is 0 Å². The van der Waals surface area contributed by atoms with Crippen LogP contribution in [0, 0.1) is 37.6 Å². The highest BCUT2D eigenvalue weighted by atomic mass is 32.2. The number of benzene rings is 2. The Labute approximate surface area is 155 Å². The molecular weight excluding hydrogens is 349 g/mol. The van der Waals surface area contributed by atoms with Gasteiger partial charge in [0.1, 0.15) is 5.82 Å². The summed E-state index contributed by atoms with van der Waals surface area (Å²) in [6, 6.07) is 8.84. The van der Waals surface area contributed by atoms with Gasteiger partial charge >= 0.3 is 0 Å². The normalized spacial score (nSPS) is 11.3. The van der Waals surface area contributed by atoms with Crippen molar-refractivity contribution < 1.29 is 12.8 Å². The number of sulfone groups is 1. The Kier molecular flexibility index (Phi) is 6.22. The van der Waals surface area contributed by atoms with Crippen molar-refractivity contribution in [1.82, 2.24) is 4.90 Å². The van der Waals surface area contributed by atoms with Crippen LogP contribution >= 0.6 is 0 Å². The van der Waals surface area contributed by atoms with Gasteiger partial charge in [-0.1, -0.05) is 24.8 Å². The van der Waals surface area contributed by atoms with E-state index in [-0.39, 0.29) is 16.2 Å². The van der Waals surface area contributed by atoms with Gasteiger partial charge in [-0.15, -0.1) is 0 Å². The van der Waals surface area contributed by atoms with Crippen molar-refractivity contribution in [2.24, 2.45) is 0 Å². The molecule has 0 aliphatic heterocycles. The SMILES string of the molecule is CCS(=O)(=O)c1ccc(F)c(-c2[c]c(C#CCN(C)C)c(C)c(C)c2)c1. The predicted molar refractivity (Wildman–Crippen MR) is 103 cm³/mol. The minimum atomic E-state index is -3.41. The highest BCUT2D eigenvalue weighted by Gasteiger charge is 2.16. The van der Waals surface area contributed by atoms with E-state index in [0.717, 1.165) is 11.1 Å². The molecule has 2 aromatic carbocycles. The molecule has 0 heterocycles. The molecule has 0 unspecified atom stereocenters. The summed E-state index contributed by atoms with van der Waals surface area (Å²) in [5.74, 6) is 5.63. The zero-order chi connectivity index (χ0) is 19.5. The van der Waals surface area contributed by atoms with Gasteiger partial charge in [-0.2, -0.15) is 0 Å². The first-order chi connectivity index (χ1) is 12.2. The Morgan fingerprint density at radius 2 is 1.88 bits per heavy atom. The second-order valence-corrected chi connectivity index (χ2v) is 8.73. The van der Waals surface area contributed by atoms with Crippen LogP contribution in [0.1, 0.15) is 23.6 Å². The third kappa shape index (κ3) is 4.51. The van der Waals surface area contributed by atoms with Gasteiger partial charge in [0.25, 0.3) is 0 Å². The van der Waals surface area contributed by atoms with Crippen LogP contribution in [0.15, 0.2) is 29.2 Å². The molecule has 0 fully saturated rings. The van der Waals surface area contributed by atoms with E-state index >= 15 is 0 Å². The molecule has 0 aromatic heterocycles. The van der Waals surface area contributed by atoms with Gasteiger partial charge in [0, 0.05) is 17.2 Å². The molecule has 26 heavy (non-hydrogen) atoms. The summed E-state index contributed by atoms with van der Waals surface area (Å²) in [7, 11) is 0.453. The van der Waals surface area contributed by atoms with E-state index in [2.05, 4.69) is 17.9 Å². The quantitative estimate of drug-likeness (QED) is 0.608. The lowest BCUT2D eigenvalue weighted by atomic mass is 9.95. The standard InChI is InChI=1S/C21H23FNO2S/c1-6-26(24,25)19-9-10-21(22)20(14-19)18-12-15(2)16(3)17(13-18)8-7-11-23(4)5/h9-10,12,14H,6,11H2,1-5H3. The van der Waals surface area contributed by atoms with Crippen molar-refractivity contribution in [2.75, 3.05) is 26.4 Å². The van der Waals surface area contributed by atoms with Crippen molar-refractivity contribution >= 4 is 9.84 Å². The van der Waals surface area contributed by atoms with E-state index in [1.807, 2.05) is 38.9 Å². The van der Waals surface area contributed by atoms with E-state index in [1.54, 1.807) is 6.92 Å². The van der Waals surface area contributed by atoms with Gasteiger partial charge in [0.05, 0.1) is 17.2 Å². The smallest absolute Gasteiger partial charge is 0.178 e. The molecule has 5 heteroatoms. The van der Waals surface area contributed by atoms with Crippen molar-refractivity contribution in [3.8, 4) is 23.0 Å². The molecule has 0 aliphatic rings. The summed E-state index contributed by atoms with van der Waals surface area (Å²) < 4.78 is 38.7. The summed E-state index contributed by atoms with van der Waals surface area (Å²) in [6.07, 6.45) is 0. The maximum absolute atomic E-state index is 14.4. The lowest BCUT2D eigenvalue weighted by Crippen LogP contribution is -2.10. The van der Waals surface area contributed by atoms with Crippen LogP contribution in [-0.4, -0.2) is 39.7 Å². The Hall–Kier alpha value is -2.16. The van der Waals surface area contributed by atoms with E-state index in [4.69, 9.17) is 0 Å². The number of nitrogens with zero attached hydrogens (tertiary/aromatic N) is 1. The van der Waals surface area contributed by atoms with Gasteiger partial charge in [-0.05, 0) is 62.8 Å². The maximum Gasteiger partial charge on any atom is 0.178 e. The van der Waals surface area contributed by atoms with Crippen molar-refractivity contribution in [3.63, 3.8) is 0 Å². The molecule has 0 aliphatic carbocycles. The molecular formula is C21H23FNO2S. The molecule has 3 nitrogen and oxygen atoms in total. The Morgan fingerprint density at radius 3 is 2.50 bits per heavy atom. The number of hydrogen-bond donors (Lipinski definition) is 0. The third-order valence-electron chi connectivity index (χ3n) is 4.16. The molecule has 137 valence electrons. The van der Waals surface area contributed by atoms with Gasteiger partial charge in [-0.3, -0.25) is 4.90 Å². The monoisotopic (exact) mass is 372 g/mol. The van der Waals surface area contributed by atoms with Crippen LogP contribution in [0.25, 0.3) is 11.1 Å². The Morgan fingerprint density at radius 1 is 1.19 bits per heavy atom. The van der Waals surface area contributed by atoms with E-state index < -0.39 is 15.7 Å². The van der Waals surface area contributed by atoms with E-state index in [0.29, 0.717) is 17.7 Å². The van der Waals surface area contributed by atoms with Crippen LogP contribution < -0.4 is 0 Å².